The summed E-state index contributed by atoms with van der Waals surface area (Å²) >= 11 is 3.05. The van der Waals surface area contributed by atoms with Crippen molar-refractivity contribution >= 4 is 27.8 Å². The molecule has 0 aliphatic rings. The number of hydrogen-bond donors (Lipinski definition) is 3. The number of benzene rings is 1. The van der Waals surface area contributed by atoms with E-state index in [0.717, 1.165) is 6.21 Å². The number of hydrogen-bond acceptors (Lipinski definition) is 6. The molecule has 0 saturated carbocycles. The van der Waals surface area contributed by atoms with Gasteiger partial charge in [0, 0.05) is 4.47 Å². The van der Waals surface area contributed by atoms with Crippen LogP contribution in [-0.2, 0) is 0 Å². The highest BCUT2D eigenvalue weighted by Gasteiger charge is 2.05. The van der Waals surface area contributed by atoms with E-state index in [9.17, 15) is 5.11 Å². The Balaban J connectivity index is 3.32. The van der Waals surface area contributed by atoms with Crippen LogP contribution in [0, 0.1) is 0 Å². The van der Waals surface area contributed by atoms with Crippen molar-refractivity contribution in [1.29, 1.82) is 0 Å². The van der Waals surface area contributed by atoms with Crippen LogP contribution in [0.3, 0.4) is 0 Å². The first-order valence-electron chi connectivity index (χ1n) is 3.42. The number of anilines is 1. The Bertz CT molecular complexity index is 367. The summed E-state index contributed by atoms with van der Waals surface area (Å²) in [7, 11) is 0. The minimum atomic E-state index is -0.656. The molecule has 0 bridgehead atoms. The molecule has 7 heteroatoms. The maximum atomic E-state index is 11.4. The SMILES string of the molecule is [O-]c1c(C=NO)cc(Br)cc1N(O)O. The topological polar surface area (TPSA) is 99.4 Å². The average Bonchev–Trinajstić information content (AvgIpc) is 2.10. The number of nitrogens with zero attached hydrogens (tertiary/aromatic N) is 2. The van der Waals surface area contributed by atoms with Gasteiger partial charge in [-0.3, -0.25) is 10.4 Å². The summed E-state index contributed by atoms with van der Waals surface area (Å²) in [5.41, 5.74) is -0.306. The molecule has 14 heavy (non-hydrogen) atoms. The summed E-state index contributed by atoms with van der Waals surface area (Å²) in [5.74, 6) is -0.656. The first kappa shape index (κ1) is 10.8. The molecule has 0 radical (unpaired) electrons. The van der Waals surface area contributed by atoms with Crippen molar-refractivity contribution in [2.24, 2.45) is 5.16 Å². The third-order valence-electron chi connectivity index (χ3n) is 1.48. The molecule has 0 atom stereocenters. The molecule has 0 heterocycles. The Morgan fingerprint density at radius 1 is 1.43 bits per heavy atom. The summed E-state index contributed by atoms with van der Waals surface area (Å²) in [6.45, 7) is 0. The van der Waals surface area contributed by atoms with Crippen LogP contribution in [0.1, 0.15) is 5.56 Å². The smallest absolute Gasteiger partial charge is 0.0882 e. The highest BCUT2D eigenvalue weighted by Crippen LogP contribution is 2.30. The summed E-state index contributed by atoms with van der Waals surface area (Å²) in [6.07, 6.45) is 0.903. The quantitative estimate of drug-likeness (QED) is 0.418. The van der Waals surface area contributed by atoms with Gasteiger partial charge in [0.2, 0.25) is 0 Å². The van der Waals surface area contributed by atoms with Gasteiger partial charge >= 0.3 is 0 Å². The lowest BCUT2D eigenvalue weighted by Gasteiger charge is -2.19. The van der Waals surface area contributed by atoms with Crippen molar-refractivity contribution in [2.45, 2.75) is 0 Å². The van der Waals surface area contributed by atoms with E-state index in [-0.39, 0.29) is 16.5 Å². The molecule has 6 nitrogen and oxygen atoms in total. The van der Waals surface area contributed by atoms with Crippen molar-refractivity contribution in [1.82, 2.24) is 0 Å². The Labute approximate surface area is 87.4 Å². The number of halogens is 1. The summed E-state index contributed by atoms with van der Waals surface area (Å²) < 4.78 is 0.454. The van der Waals surface area contributed by atoms with Crippen LogP contribution in [0.15, 0.2) is 21.8 Å². The zero-order chi connectivity index (χ0) is 10.7. The van der Waals surface area contributed by atoms with Gasteiger partial charge in [0.1, 0.15) is 0 Å². The molecule has 1 aromatic rings. The van der Waals surface area contributed by atoms with Crippen LogP contribution in [0.2, 0.25) is 0 Å². The summed E-state index contributed by atoms with van der Waals surface area (Å²) in [5, 5.41) is 39.4. The minimum Gasteiger partial charge on any atom is -0.870 e. The Morgan fingerprint density at radius 3 is 2.57 bits per heavy atom. The summed E-state index contributed by atoms with van der Waals surface area (Å²) in [4.78, 5) is 0. The van der Waals surface area contributed by atoms with Crippen molar-refractivity contribution < 1.29 is 20.7 Å². The minimum absolute atomic E-state index is 0.0324. The van der Waals surface area contributed by atoms with Crippen LogP contribution in [0.4, 0.5) is 5.69 Å². The van der Waals surface area contributed by atoms with Crippen LogP contribution < -0.4 is 10.3 Å². The van der Waals surface area contributed by atoms with Crippen LogP contribution in [0.5, 0.6) is 5.75 Å². The van der Waals surface area contributed by atoms with Gasteiger partial charge in [-0.25, -0.2) is 0 Å². The van der Waals surface area contributed by atoms with Gasteiger partial charge in [-0.15, -0.1) is 5.23 Å². The fraction of sp³-hybridized carbons (Fsp3) is 0. The van der Waals surface area contributed by atoms with Gasteiger partial charge in [-0.2, -0.15) is 0 Å². The van der Waals surface area contributed by atoms with E-state index in [4.69, 9.17) is 15.6 Å². The molecule has 0 unspecified atom stereocenters. The average molecular weight is 262 g/mol. The lowest BCUT2D eigenvalue weighted by molar-refractivity contribution is -0.268. The third-order valence-corrected chi connectivity index (χ3v) is 1.93. The highest BCUT2D eigenvalue weighted by atomic mass is 79.9. The normalized spacial score (nSPS) is 10.8. The monoisotopic (exact) mass is 261 g/mol. The van der Waals surface area contributed by atoms with E-state index >= 15 is 0 Å². The van der Waals surface area contributed by atoms with Crippen LogP contribution >= 0.6 is 15.9 Å². The van der Waals surface area contributed by atoms with E-state index in [1.807, 2.05) is 0 Å². The Kier molecular flexibility index (Phi) is 3.28. The van der Waals surface area contributed by atoms with Gasteiger partial charge in [0.15, 0.2) is 0 Å². The Morgan fingerprint density at radius 2 is 2.07 bits per heavy atom. The van der Waals surface area contributed by atoms with Crippen molar-refractivity contribution in [3.63, 3.8) is 0 Å². The molecule has 0 aromatic heterocycles. The van der Waals surface area contributed by atoms with E-state index < -0.39 is 5.75 Å². The number of oxime groups is 1. The largest absolute Gasteiger partial charge is 0.870 e. The van der Waals surface area contributed by atoms with Gasteiger partial charge in [0.05, 0.1) is 11.9 Å². The maximum Gasteiger partial charge on any atom is 0.0882 e. The molecular weight excluding hydrogens is 256 g/mol. The Hall–Kier alpha value is -1.31. The third kappa shape index (κ3) is 2.13. The molecule has 0 fully saturated rings. The van der Waals surface area contributed by atoms with Crippen molar-refractivity contribution in [2.75, 3.05) is 5.23 Å². The van der Waals surface area contributed by atoms with Crippen molar-refractivity contribution in [3.05, 3.63) is 22.2 Å². The zero-order valence-electron chi connectivity index (χ0n) is 6.75. The van der Waals surface area contributed by atoms with E-state index in [0.29, 0.717) is 4.47 Å². The van der Waals surface area contributed by atoms with Crippen LogP contribution in [-0.4, -0.2) is 21.8 Å². The first-order valence-corrected chi connectivity index (χ1v) is 4.21. The molecule has 0 amide bonds. The van der Waals surface area contributed by atoms with E-state index in [2.05, 4.69) is 21.1 Å². The maximum absolute atomic E-state index is 11.4. The lowest BCUT2D eigenvalue weighted by Crippen LogP contribution is -2.14. The second-order valence-corrected chi connectivity index (χ2v) is 3.29. The molecule has 1 aromatic carbocycles. The highest BCUT2D eigenvalue weighted by molar-refractivity contribution is 9.10. The molecule has 0 spiro atoms. The molecular formula is C7H6BrN2O4-. The second-order valence-electron chi connectivity index (χ2n) is 2.38. The fourth-order valence-corrected chi connectivity index (χ4v) is 1.37. The number of rotatable bonds is 2. The summed E-state index contributed by atoms with van der Waals surface area (Å²) in [6, 6.07) is 2.60. The predicted octanol–water partition coefficient (Wildman–Crippen LogP) is 0.916. The standard InChI is InChI=1S/C7H7BrN2O4/c8-5-1-4(3-9-12)7(11)6(2-5)10(13)14/h1-3,11-14H/p-1. The molecule has 1 rings (SSSR count). The lowest BCUT2D eigenvalue weighted by atomic mass is 10.2. The van der Waals surface area contributed by atoms with Gasteiger partial charge in [-0.05, 0) is 17.7 Å². The van der Waals surface area contributed by atoms with Crippen molar-refractivity contribution in [3.8, 4) is 5.75 Å². The van der Waals surface area contributed by atoms with Gasteiger partial charge in [0.25, 0.3) is 0 Å². The molecule has 0 saturated heterocycles. The van der Waals surface area contributed by atoms with Crippen LogP contribution in [0.25, 0.3) is 0 Å². The molecule has 0 aliphatic heterocycles. The zero-order valence-corrected chi connectivity index (χ0v) is 8.34. The predicted molar refractivity (Wildman–Crippen MR) is 49.0 cm³/mol. The van der Waals surface area contributed by atoms with E-state index in [1.165, 1.54) is 12.1 Å². The molecule has 0 aliphatic carbocycles. The fourth-order valence-electron chi connectivity index (χ4n) is 0.906. The molecule has 3 N–H and O–H groups in total. The second kappa shape index (κ2) is 4.27. The van der Waals surface area contributed by atoms with E-state index in [1.54, 1.807) is 0 Å². The van der Waals surface area contributed by atoms with Gasteiger partial charge < -0.3 is 10.3 Å². The molecule has 76 valence electrons. The first-order chi connectivity index (χ1) is 6.56. The van der Waals surface area contributed by atoms with Gasteiger partial charge in [-0.1, -0.05) is 26.8 Å².